The number of carbonyl (C=O) groups is 4. The molecule has 33 heavy (non-hydrogen) atoms. The van der Waals surface area contributed by atoms with Crippen molar-refractivity contribution in [2.45, 2.75) is 45.1 Å². The molecule has 0 bridgehead atoms. The molecule has 1 N–H and O–H groups in total. The molecule has 0 saturated heterocycles. The van der Waals surface area contributed by atoms with Gasteiger partial charge in [-0.05, 0) is 71.6 Å². The second kappa shape index (κ2) is 9.65. The van der Waals surface area contributed by atoms with Crippen molar-refractivity contribution < 1.29 is 23.9 Å². The molecule has 0 radical (unpaired) electrons. The minimum atomic E-state index is -0.755. The van der Waals surface area contributed by atoms with E-state index < -0.39 is 18.5 Å². The third-order valence-corrected chi connectivity index (χ3v) is 7.17. The minimum Gasteiger partial charge on any atom is -0.452 e. The van der Waals surface area contributed by atoms with Gasteiger partial charge in [0.1, 0.15) is 0 Å². The molecule has 0 unspecified atom stereocenters. The van der Waals surface area contributed by atoms with Crippen LogP contribution in [-0.4, -0.2) is 41.2 Å². The highest BCUT2D eigenvalue weighted by Gasteiger charge is 2.40. The zero-order valence-corrected chi connectivity index (χ0v) is 20.3. The highest BCUT2D eigenvalue weighted by atomic mass is 79.9. The van der Waals surface area contributed by atoms with Crippen LogP contribution in [0.3, 0.4) is 0 Å². The molecule has 1 saturated carbocycles. The average molecular weight is 534 g/mol. The van der Waals surface area contributed by atoms with Gasteiger partial charge < -0.3 is 10.1 Å². The van der Waals surface area contributed by atoms with Gasteiger partial charge in [-0.25, -0.2) is 4.79 Å². The maximum Gasteiger partial charge on any atom is 0.338 e. The first kappa shape index (κ1) is 23.4. The van der Waals surface area contributed by atoms with Gasteiger partial charge in [-0.3, -0.25) is 19.3 Å². The van der Waals surface area contributed by atoms with Gasteiger partial charge in [-0.2, -0.15) is 0 Å². The first-order valence-electron chi connectivity index (χ1n) is 10.7. The molecule has 1 heterocycles. The number of rotatable bonds is 5. The fraction of sp³-hybridized carbons (Fsp3) is 0.333. The van der Waals surface area contributed by atoms with E-state index in [9.17, 15) is 19.2 Å². The van der Waals surface area contributed by atoms with Crippen molar-refractivity contribution in [2.24, 2.45) is 0 Å². The number of anilines is 1. The number of halogens is 2. The molecule has 0 atom stereocenters. The van der Waals surface area contributed by atoms with Crippen molar-refractivity contribution in [3.05, 3.63) is 62.1 Å². The van der Waals surface area contributed by atoms with E-state index in [2.05, 4.69) is 21.2 Å². The largest absolute Gasteiger partial charge is 0.452 e. The fourth-order valence-electron chi connectivity index (χ4n) is 4.24. The summed E-state index contributed by atoms with van der Waals surface area (Å²) in [5.74, 6) is -1.97. The molecule has 1 aliphatic carbocycles. The van der Waals surface area contributed by atoms with Crippen LogP contribution in [0, 0.1) is 6.92 Å². The number of aryl methyl sites for hydroxylation is 1. The van der Waals surface area contributed by atoms with Gasteiger partial charge in [0, 0.05) is 16.2 Å². The zero-order chi connectivity index (χ0) is 23.7. The van der Waals surface area contributed by atoms with Crippen LogP contribution in [0.5, 0.6) is 0 Å². The van der Waals surface area contributed by atoms with Crippen molar-refractivity contribution in [2.75, 3.05) is 11.9 Å². The monoisotopic (exact) mass is 532 g/mol. The van der Waals surface area contributed by atoms with E-state index in [-0.39, 0.29) is 29.0 Å². The highest BCUT2D eigenvalue weighted by molar-refractivity contribution is 9.10. The Hall–Kier alpha value is -2.71. The molecule has 9 heteroatoms. The summed E-state index contributed by atoms with van der Waals surface area (Å²) in [5, 5.41) is 3.09. The third-order valence-electron chi connectivity index (χ3n) is 5.97. The van der Waals surface area contributed by atoms with Gasteiger partial charge in [0.05, 0.1) is 21.7 Å². The molecule has 1 aliphatic heterocycles. The average Bonchev–Trinajstić information content (AvgIpc) is 3.05. The normalized spacial score (nSPS) is 16.0. The highest BCUT2D eigenvalue weighted by Crippen LogP contribution is 2.32. The molecule has 2 aromatic carbocycles. The van der Waals surface area contributed by atoms with Crippen molar-refractivity contribution in [3.63, 3.8) is 0 Å². The molecule has 7 nitrogen and oxygen atoms in total. The van der Waals surface area contributed by atoms with E-state index in [1.165, 1.54) is 23.1 Å². The standard InChI is InChI=1S/C24H22BrClN2O5/c1-13-9-18(25)19(26)11-20(13)27-21(29)12-33-24(32)14-7-8-16-17(10-14)23(31)28(22(16)30)15-5-3-2-4-6-15/h7-11,15H,2-6,12H2,1H3,(H,27,29). The van der Waals surface area contributed by atoms with Crippen molar-refractivity contribution in [3.8, 4) is 0 Å². The lowest BCUT2D eigenvalue weighted by atomic mass is 9.94. The lowest BCUT2D eigenvalue weighted by molar-refractivity contribution is -0.119. The Balaban J connectivity index is 1.41. The maximum atomic E-state index is 12.9. The van der Waals surface area contributed by atoms with Crippen LogP contribution in [0.4, 0.5) is 5.69 Å². The Labute approximate surface area is 204 Å². The molecule has 0 spiro atoms. The predicted molar refractivity (Wildman–Crippen MR) is 127 cm³/mol. The van der Waals surface area contributed by atoms with E-state index in [4.69, 9.17) is 16.3 Å². The summed E-state index contributed by atoms with van der Waals surface area (Å²) in [6.07, 6.45) is 4.70. The molecular formula is C24H22BrClN2O5. The van der Waals surface area contributed by atoms with Crippen LogP contribution >= 0.6 is 27.5 Å². The Morgan fingerprint density at radius 2 is 1.79 bits per heavy atom. The number of nitrogens with zero attached hydrogens (tertiary/aromatic N) is 1. The van der Waals surface area contributed by atoms with Crippen molar-refractivity contribution in [1.82, 2.24) is 4.90 Å². The number of benzene rings is 2. The van der Waals surface area contributed by atoms with Crippen molar-refractivity contribution in [1.29, 1.82) is 0 Å². The second-order valence-corrected chi connectivity index (χ2v) is 9.50. The molecule has 2 aromatic rings. The summed E-state index contributed by atoms with van der Waals surface area (Å²) in [5.41, 5.74) is 1.90. The summed E-state index contributed by atoms with van der Waals surface area (Å²) in [4.78, 5) is 51.8. The quantitative estimate of drug-likeness (QED) is 0.425. The third kappa shape index (κ3) is 4.82. The van der Waals surface area contributed by atoms with E-state index in [0.717, 1.165) is 37.7 Å². The van der Waals surface area contributed by atoms with Crippen LogP contribution in [0.15, 0.2) is 34.8 Å². The Kier molecular flexibility index (Phi) is 6.86. The molecule has 1 fully saturated rings. The first-order valence-corrected chi connectivity index (χ1v) is 11.9. The molecule has 2 aliphatic rings. The number of fused-ring (bicyclic) bond motifs is 1. The summed E-state index contributed by atoms with van der Waals surface area (Å²) < 4.78 is 5.82. The molecular weight excluding hydrogens is 512 g/mol. The first-order chi connectivity index (χ1) is 15.8. The smallest absolute Gasteiger partial charge is 0.338 e. The van der Waals surface area contributed by atoms with Crippen LogP contribution in [0.1, 0.15) is 68.7 Å². The van der Waals surface area contributed by atoms with Crippen LogP contribution in [0.2, 0.25) is 5.02 Å². The zero-order valence-electron chi connectivity index (χ0n) is 18.0. The van der Waals surface area contributed by atoms with Crippen molar-refractivity contribution >= 4 is 56.9 Å². The Morgan fingerprint density at radius 1 is 1.09 bits per heavy atom. The number of esters is 1. The number of imide groups is 1. The van der Waals surface area contributed by atoms with E-state index in [1.54, 1.807) is 12.1 Å². The van der Waals surface area contributed by atoms with Gasteiger partial charge in [0.25, 0.3) is 17.7 Å². The molecule has 0 aromatic heterocycles. The van der Waals surface area contributed by atoms with Gasteiger partial charge in [-0.15, -0.1) is 0 Å². The Morgan fingerprint density at radius 3 is 2.52 bits per heavy atom. The summed E-state index contributed by atoms with van der Waals surface area (Å²) in [7, 11) is 0. The Bertz CT molecular complexity index is 1160. The summed E-state index contributed by atoms with van der Waals surface area (Å²) in [6, 6.07) is 7.55. The summed E-state index contributed by atoms with van der Waals surface area (Å²) >= 11 is 9.38. The number of hydrogen-bond acceptors (Lipinski definition) is 5. The van der Waals surface area contributed by atoms with Crippen LogP contribution in [0.25, 0.3) is 0 Å². The minimum absolute atomic E-state index is 0.0965. The van der Waals surface area contributed by atoms with E-state index in [1.807, 2.05) is 6.92 Å². The number of nitrogens with one attached hydrogen (secondary N) is 1. The van der Waals surface area contributed by atoms with Gasteiger partial charge in [-0.1, -0.05) is 30.9 Å². The number of carbonyl (C=O) groups excluding carboxylic acids is 4. The van der Waals surface area contributed by atoms with Gasteiger partial charge in [0.15, 0.2) is 6.61 Å². The van der Waals surface area contributed by atoms with Crippen LogP contribution < -0.4 is 5.32 Å². The van der Waals surface area contributed by atoms with E-state index in [0.29, 0.717) is 20.7 Å². The predicted octanol–water partition coefficient (Wildman–Crippen LogP) is 5.14. The SMILES string of the molecule is Cc1cc(Br)c(Cl)cc1NC(=O)COC(=O)c1ccc2c(c1)C(=O)N(C1CCCCC1)C2=O. The summed E-state index contributed by atoms with van der Waals surface area (Å²) in [6.45, 7) is 1.30. The van der Waals surface area contributed by atoms with Gasteiger partial charge in [0.2, 0.25) is 0 Å². The van der Waals surface area contributed by atoms with E-state index >= 15 is 0 Å². The number of ether oxygens (including phenoxy) is 1. The van der Waals surface area contributed by atoms with Gasteiger partial charge >= 0.3 is 5.97 Å². The number of hydrogen-bond donors (Lipinski definition) is 1. The molecule has 3 amide bonds. The fourth-order valence-corrected chi connectivity index (χ4v) is 4.86. The maximum absolute atomic E-state index is 12.9. The second-order valence-electron chi connectivity index (χ2n) is 8.24. The topological polar surface area (TPSA) is 92.8 Å². The molecule has 172 valence electrons. The molecule has 4 rings (SSSR count). The number of amides is 3. The lowest BCUT2D eigenvalue weighted by Crippen LogP contribution is -2.40. The van der Waals surface area contributed by atoms with Crippen LogP contribution in [-0.2, 0) is 9.53 Å². The lowest BCUT2D eigenvalue weighted by Gasteiger charge is -2.29.